The lowest BCUT2D eigenvalue weighted by molar-refractivity contribution is -0.160. The molecule has 2 saturated heterocycles. The molecule has 4 aliphatic rings. The molecule has 2 aromatic carbocycles. The van der Waals surface area contributed by atoms with Crippen molar-refractivity contribution >= 4 is 29.4 Å². The number of aliphatic hydroxyl groups excluding tert-OH is 1. The van der Waals surface area contributed by atoms with Crippen molar-refractivity contribution in [3.63, 3.8) is 0 Å². The molecule has 6 rings (SSSR count). The summed E-state index contributed by atoms with van der Waals surface area (Å²) < 4.78 is 18.0. The van der Waals surface area contributed by atoms with E-state index in [1.54, 1.807) is 48.4 Å². The minimum Gasteiger partial charge on any atom is -0.497 e. The number of hydrogen-bond acceptors (Lipinski definition) is 8. The second-order valence-electron chi connectivity index (χ2n) is 12.7. The Morgan fingerprint density at radius 2 is 1.77 bits per heavy atom. The number of cyclic esters (lactones) is 1. The molecule has 7 atom stereocenters. The number of likely N-dealkylation sites (tertiary alicyclic amines) is 1. The molecule has 5 bridgehead atoms. The number of amides is 3. The third kappa shape index (κ3) is 5.82. The molecule has 0 radical (unpaired) electrons. The summed E-state index contributed by atoms with van der Waals surface area (Å²) in [5.41, 5.74) is -0.202. The summed E-state index contributed by atoms with van der Waals surface area (Å²) >= 11 is 0. The van der Waals surface area contributed by atoms with Gasteiger partial charge in [0.05, 0.1) is 38.3 Å². The lowest BCUT2D eigenvalue weighted by Crippen LogP contribution is -2.59. The van der Waals surface area contributed by atoms with Gasteiger partial charge >= 0.3 is 5.97 Å². The Bertz CT molecular complexity index is 1560. The number of rotatable bonds is 6. The highest BCUT2D eigenvalue weighted by Crippen LogP contribution is 2.56. The normalized spacial score (nSPS) is 30.7. The first-order valence-electron chi connectivity index (χ1n) is 16.1. The van der Waals surface area contributed by atoms with E-state index in [1.807, 2.05) is 56.3 Å². The molecule has 2 fully saturated rings. The summed E-state index contributed by atoms with van der Waals surface area (Å²) in [6.45, 7) is 3.57. The van der Waals surface area contributed by atoms with Gasteiger partial charge in [-0.25, -0.2) is 0 Å². The monoisotopic (exact) mass is 643 g/mol. The predicted molar refractivity (Wildman–Crippen MR) is 172 cm³/mol. The van der Waals surface area contributed by atoms with E-state index in [2.05, 4.69) is 5.32 Å². The Balaban J connectivity index is 1.46. The van der Waals surface area contributed by atoms with Gasteiger partial charge in [-0.1, -0.05) is 68.5 Å². The van der Waals surface area contributed by atoms with Crippen LogP contribution in [0.3, 0.4) is 0 Å². The fourth-order valence-electron chi connectivity index (χ4n) is 7.29. The standard InChI is InChI=1S/C36H41N3O8/c1-22(2)26(21-40)39-32-34(43)38(24-13-15-25(45-3)16-14-24)19-9-5-8-12-29(41)37-20-28(23-10-6-4-7-11-23)46-35(44)30-27-17-18-36(32,47-27)31(30)33(39)42/h4-7,9-11,13-18,22,26-28,30-32,40H,8,12,19-21H2,1-3H3,(H,37,41)/b9-5-/t26-,27-,28-,30+,31+,32-,36+/m0/s1. The first-order chi connectivity index (χ1) is 22.7. The van der Waals surface area contributed by atoms with Crippen LogP contribution in [0.15, 0.2) is 78.9 Å². The average molecular weight is 644 g/mol. The number of aliphatic hydroxyl groups is 1. The number of nitrogens with zero attached hydrogens (tertiary/aromatic N) is 2. The number of anilines is 1. The fourth-order valence-corrected chi connectivity index (χ4v) is 7.29. The van der Waals surface area contributed by atoms with Crippen LogP contribution in [-0.4, -0.2) is 84.3 Å². The Labute approximate surface area is 274 Å². The van der Waals surface area contributed by atoms with Crippen molar-refractivity contribution in [1.29, 1.82) is 0 Å². The summed E-state index contributed by atoms with van der Waals surface area (Å²) in [7, 11) is 1.56. The quantitative estimate of drug-likeness (QED) is 0.363. The minimum atomic E-state index is -1.45. The minimum absolute atomic E-state index is 0.0502. The topological polar surface area (TPSA) is 135 Å². The van der Waals surface area contributed by atoms with E-state index in [1.165, 1.54) is 4.90 Å². The Morgan fingerprint density at radius 1 is 1.02 bits per heavy atom. The van der Waals surface area contributed by atoms with Crippen LogP contribution in [0.2, 0.25) is 0 Å². The Morgan fingerprint density at radius 3 is 2.45 bits per heavy atom. The summed E-state index contributed by atoms with van der Waals surface area (Å²) in [6, 6.07) is 14.2. The molecular weight excluding hydrogens is 602 g/mol. The summed E-state index contributed by atoms with van der Waals surface area (Å²) in [4.78, 5) is 59.4. The van der Waals surface area contributed by atoms with Crippen molar-refractivity contribution in [2.75, 3.05) is 31.7 Å². The second-order valence-corrected chi connectivity index (χ2v) is 12.7. The van der Waals surface area contributed by atoms with Crippen molar-refractivity contribution in [1.82, 2.24) is 10.2 Å². The van der Waals surface area contributed by atoms with Crippen molar-refractivity contribution in [2.45, 2.75) is 56.6 Å². The Hall–Kier alpha value is -4.48. The zero-order valence-electron chi connectivity index (χ0n) is 26.8. The maximum atomic E-state index is 14.9. The van der Waals surface area contributed by atoms with Crippen LogP contribution in [-0.2, 0) is 28.7 Å². The van der Waals surface area contributed by atoms with Crippen molar-refractivity contribution in [3.05, 3.63) is 84.5 Å². The second kappa shape index (κ2) is 13.3. The molecule has 11 nitrogen and oxygen atoms in total. The fraction of sp³-hybridized carbons (Fsp3) is 0.444. The molecule has 11 heteroatoms. The van der Waals surface area contributed by atoms with Gasteiger partial charge in [0.25, 0.3) is 5.91 Å². The van der Waals surface area contributed by atoms with E-state index < -0.39 is 59.5 Å². The number of benzene rings is 2. The maximum absolute atomic E-state index is 14.9. The molecule has 0 unspecified atom stereocenters. The number of allylic oxidation sites excluding steroid dienone is 1. The van der Waals surface area contributed by atoms with Crippen LogP contribution in [0.5, 0.6) is 5.75 Å². The van der Waals surface area contributed by atoms with E-state index in [4.69, 9.17) is 14.2 Å². The van der Waals surface area contributed by atoms with Gasteiger partial charge in [0.1, 0.15) is 29.4 Å². The number of ether oxygens (including phenoxy) is 3. The molecule has 0 saturated carbocycles. The van der Waals surface area contributed by atoms with Gasteiger partial charge in [0.2, 0.25) is 11.8 Å². The highest BCUT2D eigenvalue weighted by Gasteiger charge is 2.74. The van der Waals surface area contributed by atoms with E-state index >= 15 is 0 Å². The molecule has 0 aliphatic carbocycles. The highest BCUT2D eigenvalue weighted by atomic mass is 16.6. The van der Waals surface area contributed by atoms with Gasteiger partial charge in [-0.3, -0.25) is 19.2 Å². The molecular formula is C36H41N3O8. The van der Waals surface area contributed by atoms with Gasteiger partial charge < -0.3 is 34.4 Å². The number of carbonyl (C=O) groups excluding carboxylic acids is 4. The summed E-state index contributed by atoms with van der Waals surface area (Å²) in [6.07, 6.45) is 6.15. The number of hydrogen-bond donors (Lipinski definition) is 2. The molecule has 1 spiro atoms. The summed E-state index contributed by atoms with van der Waals surface area (Å²) in [5, 5.41) is 13.5. The van der Waals surface area contributed by atoms with Crippen molar-refractivity contribution in [3.8, 4) is 5.75 Å². The smallest absolute Gasteiger partial charge is 0.313 e. The van der Waals surface area contributed by atoms with Gasteiger partial charge in [-0.15, -0.1) is 0 Å². The van der Waals surface area contributed by atoms with Crippen LogP contribution in [0.25, 0.3) is 0 Å². The van der Waals surface area contributed by atoms with Crippen LogP contribution >= 0.6 is 0 Å². The highest BCUT2D eigenvalue weighted by molar-refractivity contribution is 6.05. The zero-order chi connectivity index (χ0) is 33.3. The van der Waals surface area contributed by atoms with Crippen molar-refractivity contribution in [2.24, 2.45) is 17.8 Å². The maximum Gasteiger partial charge on any atom is 0.313 e. The Kier molecular flexibility index (Phi) is 9.20. The van der Waals surface area contributed by atoms with Crippen LogP contribution in [0.4, 0.5) is 5.69 Å². The number of fused-ring (bicyclic) bond motifs is 2. The van der Waals surface area contributed by atoms with Gasteiger partial charge in [-0.05, 0) is 42.2 Å². The van der Waals surface area contributed by atoms with Gasteiger partial charge in [-0.2, -0.15) is 0 Å². The largest absolute Gasteiger partial charge is 0.497 e. The average Bonchev–Trinajstić information content (AvgIpc) is 3.72. The molecule has 4 aliphatic heterocycles. The van der Waals surface area contributed by atoms with E-state index in [0.29, 0.717) is 23.4 Å². The lowest BCUT2D eigenvalue weighted by Gasteiger charge is -2.40. The first kappa shape index (κ1) is 32.5. The third-order valence-electron chi connectivity index (χ3n) is 9.69. The van der Waals surface area contributed by atoms with Crippen LogP contribution in [0.1, 0.15) is 38.4 Å². The molecule has 2 N–H and O–H groups in total. The lowest BCUT2D eigenvalue weighted by atomic mass is 9.74. The molecule has 47 heavy (non-hydrogen) atoms. The van der Waals surface area contributed by atoms with Gasteiger partial charge in [0.15, 0.2) is 0 Å². The summed E-state index contributed by atoms with van der Waals surface area (Å²) in [5.74, 6) is -3.41. The van der Waals surface area contributed by atoms with Crippen LogP contribution in [0, 0.1) is 17.8 Å². The number of esters is 1. The van der Waals surface area contributed by atoms with E-state index in [-0.39, 0.29) is 37.9 Å². The zero-order valence-corrected chi connectivity index (χ0v) is 26.8. The predicted octanol–water partition coefficient (Wildman–Crippen LogP) is 2.95. The molecule has 3 amide bonds. The number of methoxy groups -OCH3 is 1. The van der Waals surface area contributed by atoms with Crippen molar-refractivity contribution < 1.29 is 38.5 Å². The van der Waals surface area contributed by atoms with Gasteiger partial charge in [0, 0.05) is 18.7 Å². The van der Waals surface area contributed by atoms with E-state index in [0.717, 1.165) is 0 Å². The number of nitrogens with one attached hydrogen (secondary N) is 1. The third-order valence-corrected chi connectivity index (χ3v) is 9.69. The SMILES string of the molecule is COc1ccc(N2C/C=C\CCC(=O)NC[C@@H](c3ccccc3)OC(=O)[C@@H]3[C@@H]4C=C[C@]5(O4)[C@H](C2=O)N([C@@H](CO)C(C)C)C(=O)[C@@H]35)cc1. The molecule has 0 aromatic heterocycles. The number of carbonyl (C=O) groups is 4. The first-order valence-corrected chi connectivity index (χ1v) is 16.1. The molecule has 4 heterocycles. The molecule has 2 aromatic rings. The molecule has 248 valence electrons. The van der Waals surface area contributed by atoms with E-state index in [9.17, 15) is 24.3 Å². The van der Waals surface area contributed by atoms with Crippen LogP contribution < -0.4 is 15.0 Å².